The number of anilines is 1. The van der Waals surface area contributed by atoms with E-state index in [4.69, 9.17) is 11.5 Å². The van der Waals surface area contributed by atoms with Gasteiger partial charge in [0, 0.05) is 5.92 Å². The maximum Gasteiger partial charge on any atom is 0.203 e. The first-order valence-electron chi connectivity index (χ1n) is 6.06. The van der Waals surface area contributed by atoms with Crippen molar-refractivity contribution in [3.63, 3.8) is 0 Å². The molecule has 0 aromatic carbocycles. The Bertz CT molecular complexity index is 459. The molecule has 0 radical (unpaired) electrons. The normalized spacial score (nSPS) is 32.0. The van der Waals surface area contributed by atoms with Crippen LogP contribution in [0.1, 0.15) is 36.6 Å². The number of amidine groups is 1. The lowest BCUT2D eigenvalue weighted by atomic mass is 9.81. The Kier molecular flexibility index (Phi) is 3.29. The molecular formula is C10H16N6S2. The molecule has 1 fully saturated rings. The maximum atomic E-state index is 5.69. The summed E-state index contributed by atoms with van der Waals surface area (Å²) in [6, 6.07) is 0. The first-order chi connectivity index (χ1) is 8.72. The third-order valence-corrected chi connectivity index (χ3v) is 5.49. The Morgan fingerprint density at radius 3 is 2.78 bits per heavy atom. The largest absolute Gasteiger partial charge is 0.377 e. The number of hydrogen-bond acceptors (Lipinski definition) is 8. The van der Waals surface area contributed by atoms with Crippen LogP contribution in [0.3, 0.4) is 0 Å². The first-order valence-corrected chi connectivity index (χ1v) is 7.76. The number of nitrogen functional groups attached to an aromatic ring is 1. The topological polar surface area (TPSA) is 102 Å². The number of nitrogens with two attached hydrogens (primary N) is 2. The van der Waals surface area contributed by atoms with Crippen LogP contribution < -0.4 is 16.9 Å². The smallest absolute Gasteiger partial charge is 0.203 e. The third kappa shape index (κ3) is 2.39. The van der Waals surface area contributed by atoms with E-state index in [2.05, 4.69) is 20.7 Å². The number of nitrogens with zero attached hydrogens (tertiary/aromatic N) is 3. The van der Waals surface area contributed by atoms with Gasteiger partial charge in [-0.25, -0.2) is 0 Å². The van der Waals surface area contributed by atoms with Crippen molar-refractivity contribution >= 4 is 33.4 Å². The van der Waals surface area contributed by atoms with Gasteiger partial charge in [0.05, 0.1) is 5.37 Å². The highest BCUT2D eigenvalue weighted by atomic mass is 32.2. The quantitative estimate of drug-likeness (QED) is 0.756. The van der Waals surface area contributed by atoms with Crippen LogP contribution in [-0.2, 0) is 0 Å². The molecule has 0 saturated heterocycles. The Morgan fingerprint density at radius 2 is 2.11 bits per heavy atom. The zero-order chi connectivity index (χ0) is 12.5. The summed E-state index contributed by atoms with van der Waals surface area (Å²) in [6.45, 7) is 0. The lowest BCUT2D eigenvalue weighted by Crippen LogP contribution is -2.30. The number of rotatable bonds is 2. The Balaban J connectivity index is 1.65. The molecule has 2 heterocycles. The fourth-order valence-corrected chi connectivity index (χ4v) is 4.32. The minimum Gasteiger partial charge on any atom is -0.377 e. The summed E-state index contributed by atoms with van der Waals surface area (Å²) in [5, 5.41) is 14.7. The van der Waals surface area contributed by atoms with Crippen LogP contribution >= 0.6 is 23.1 Å². The number of hydrogen-bond donors (Lipinski definition) is 3. The van der Waals surface area contributed by atoms with Gasteiger partial charge in [0.25, 0.3) is 0 Å². The second-order valence-electron chi connectivity index (χ2n) is 4.72. The minimum absolute atomic E-state index is 0.318. The van der Waals surface area contributed by atoms with E-state index >= 15 is 0 Å². The lowest BCUT2D eigenvalue weighted by molar-refractivity contribution is 0.298. The molecule has 1 aromatic heterocycles. The van der Waals surface area contributed by atoms with Gasteiger partial charge in [0.1, 0.15) is 5.01 Å². The van der Waals surface area contributed by atoms with Gasteiger partial charge < -0.3 is 11.5 Å². The monoisotopic (exact) mass is 284 g/mol. The standard InChI is InChI=1S/C10H16N6S2/c11-9-15-13-7(17-9)5-2-1-3-6(4-5)8-14-16-10(12)18-8/h5-7,13H,1-4H2,(H2,11,15)(H2,12,16)/t5-,6-,7?/m0/s1. The molecular weight excluding hydrogens is 268 g/mol. The van der Waals surface area contributed by atoms with Crippen LogP contribution in [0, 0.1) is 5.92 Å². The summed E-state index contributed by atoms with van der Waals surface area (Å²) in [6.07, 6.45) is 4.73. The third-order valence-electron chi connectivity index (χ3n) is 3.50. The number of aromatic nitrogens is 2. The van der Waals surface area contributed by atoms with Crippen molar-refractivity contribution in [2.45, 2.75) is 37.0 Å². The van der Waals surface area contributed by atoms with Crippen LogP contribution in [0.2, 0.25) is 0 Å². The molecule has 6 nitrogen and oxygen atoms in total. The number of hydrazone groups is 1. The van der Waals surface area contributed by atoms with Crippen molar-refractivity contribution in [1.29, 1.82) is 0 Å². The van der Waals surface area contributed by atoms with Crippen LogP contribution in [-0.4, -0.2) is 20.7 Å². The summed E-state index contributed by atoms with van der Waals surface area (Å²) in [5.74, 6) is 1.08. The molecule has 3 atom stereocenters. The van der Waals surface area contributed by atoms with Gasteiger partial charge in [-0.1, -0.05) is 29.5 Å². The summed E-state index contributed by atoms with van der Waals surface area (Å²) in [4.78, 5) is 0. The van der Waals surface area contributed by atoms with Crippen molar-refractivity contribution in [1.82, 2.24) is 15.6 Å². The molecule has 0 amide bonds. The molecule has 1 unspecified atom stereocenters. The van der Waals surface area contributed by atoms with E-state index in [1.807, 2.05) is 0 Å². The van der Waals surface area contributed by atoms with Crippen molar-refractivity contribution in [2.75, 3.05) is 5.73 Å². The Morgan fingerprint density at radius 1 is 1.22 bits per heavy atom. The predicted molar refractivity (Wildman–Crippen MR) is 75.2 cm³/mol. The van der Waals surface area contributed by atoms with Crippen LogP contribution in [0.25, 0.3) is 0 Å². The summed E-state index contributed by atoms with van der Waals surface area (Å²) < 4.78 is 0. The van der Waals surface area contributed by atoms with Gasteiger partial charge in [0.15, 0.2) is 5.17 Å². The van der Waals surface area contributed by atoms with E-state index < -0.39 is 0 Å². The SMILES string of the molecule is NC1=NNC([C@H]2CCC[C@H](c3nnc(N)s3)C2)S1. The average molecular weight is 284 g/mol. The van der Waals surface area contributed by atoms with Gasteiger partial charge >= 0.3 is 0 Å². The van der Waals surface area contributed by atoms with E-state index in [9.17, 15) is 0 Å². The number of thioether (sulfide) groups is 1. The van der Waals surface area contributed by atoms with E-state index in [1.165, 1.54) is 30.6 Å². The van der Waals surface area contributed by atoms with Gasteiger partial charge in [-0.05, 0) is 25.2 Å². The van der Waals surface area contributed by atoms with Gasteiger partial charge in [-0.3, -0.25) is 5.43 Å². The van der Waals surface area contributed by atoms with E-state index in [1.54, 1.807) is 11.8 Å². The molecule has 5 N–H and O–H groups in total. The minimum atomic E-state index is 0.318. The molecule has 0 bridgehead atoms. The van der Waals surface area contributed by atoms with Gasteiger partial charge in [0.2, 0.25) is 5.13 Å². The summed E-state index contributed by atoms with van der Waals surface area (Å²) >= 11 is 3.15. The molecule has 1 aliphatic heterocycles. The molecule has 18 heavy (non-hydrogen) atoms. The van der Waals surface area contributed by atoms with E-state index in [0.717, 1.165) is 11.4 Å². The maximum absolute atomic E-state index is 5.69. The molecule has 0 spiro atoms. The van der Waals surface area contributed by atoms with Gasteiger partial charge in [-0.15, -0.1) is 10.2 Å². The van der Waals surface area contributed by atoms with E-state index in [-0.39, 0.29) is 0 Å². The van der Waals surface area contributed by atoms with Crippen molar-refractivity contribution in [3.8, 4) is 0 Å². The molecule has 98 valence electrons. The second kappa shape index (κ2) is 4.93. The second-order valence-corrected chi connectivity index (χ2v) is 6.92. The van der Waals surface area contributed by atoms with Crippen molar-refractivity contribution < 1.29 is 0 Å². The zero-order valence-electron chi connectivity index (χ0n) is 9.87. The van der Waals surface area contributed by atoms with Crippen molar-refractivity contribution in [3.05, 3.63) is 5.01 Å². The molecule has 2 aliphatic rings. The van der Waals surface area contributed by atoms with Crippen LogP contribution in [0.4, 0.5) is 5.13 Å². The summed E-state index contributed by atoms with van der Waals surface area (Å²) in [5.41, 5.74) is 14.5. The van der Waals surface area contributed by atoms with Gasteiger partial charge in [-0.2, -0.15) is 5.10 Å². The van der Waals surface area contributed by atoms with Crippen LogP contribution in [0.15, 0.2) is 5.10 Å². The molecule has 8 heteroatoms. The Labute approximate surface area is 114 Å². The van der Waals surface area contributed by atoms with Crippen LogP contribution in [0.5, 0.6) is 0 Å². The van der Waals surface area contributed by atoms with E-state index in [0.29, 0.717) is 27.5 Å². The number of nitrogens with one attached hydrogen (secondary N) is 1. The molecule has 1 saturated carbocycles. The highest BCUT2D eigenvalue weighted by molar-refractivity contribution is 8.14. The lowest BCUT2D eigenvalue weighted by Gasteiger charge is -2.30. The zero-order valence-corrected chi connectivity index (χ0v) is 11.5. The molecule has 3 rings (SSSR count). The molecule has 1 aliphatic carbocycles. The predicted octanol–water partition coefficient (Wildman–Crippen LogP) is 1.29. The fraction of sp³-hybridized carbons (Fsp3) is 0.700. The fourth-order valence-electron chi connectivity index (χ4n) is 2.65. The Hall–Kier alpha value is -1.02. The molecule has 1 aromatic rings. The summed E-state index contributed by atoms with van der Waals surface area (Å²) in [7, 11) is 0. The first kappa shape index (κ1) is 12.0. The highest BCUT2D eigenvalue weighted by Gasteiger charge is 2.33. The average Bonchev–Trinajstić information content (AvgIpc) is 2.98. The highest BCUT2D eigenvalue weighted by Crippen LogP contribution is 2.41. The van der Waals surface area contributed by atoms with Crippen molar-refractivity contribution in [2.24, 2.45) is 16.8 Å².